The Kier molecular flexibility index (Phi) is 8.36. The molecule has 1 unspecified atom stereocenters. The lowest BCUT2D eigenvalue weighted by atomic mass is 9.32. The van der Waals surface area contributed by atoms with E-state index in [1.807, 2.05) is 44.4 Å². The van der Waals surface area contributed by atoms with E-state index in [-0.39, 0.29) is 41.2 Å². The fourth-order valence-electron chi connectivity index (χ4n) is 13.8. The topological polar surface area (TPSA) is 104 Å². The van der Waals surface area contributed by atoms with Crippen molar-refractivity contribution in [1.29, 1.82) is 0 Å². The second kappa shape index (κ2) is 12.2. The molecule has 1 aliphatic heterocycles. The minimum absolute atomic E-state index is 0.0226. The Morgan fingerprint density at radius 2 is 1.65 bits per heavy atom. The number of carbonyl (C=O) groups is 3. The summed E-state index contributed by atoms with van der Waals surface area (Å²) in [5.74, 6) is -1.41. The molecule has 4 bridgehead atoms. The summed E-state index contributed by atoms with van der Waals surface area (Å²) in [6.07, 6.45) is 6.63. The van der Waals surface area contributed by atoms with Crippen molar-refractivity contribution in [2.24, 2.45) is 44.3 Å². The number of Topliss-reactive ketones (excluding diaryl/α,β-unsaturated/α-hetero) is 1. The highest BCUT2D eigenvalue weighted by Gasteiger charge is 2.78. The van der Waals surface area contributed by atoms with Crippen LogP contribution < -0.4 is 0 Å². The standard InChI is InChI=1S/C46H54F3NO6S/c1-38(2)41(5)18-21-45(38,56-37(41)54)36(53)50(22-14-31-10-7-23-57-31)27-43(55)17-13-34-40(43,4)16-12-33-39(3)15-11-30(51)25-42(39)19-20-44(33,34)32(26-42)35(52)28-8-6-9-29(24-28)46(47,48)49/h6-10,19-20,23-24,26,30,33-34,51,55H,11-18,21-22,25,27H2,1-5H3/t30?,33-,34-,39-,40+,41+,42+,43-,44-,45-/m1/s1. The van der Waals surface area contributed by atoms with Gasteiger partial charge in [-0.2, -0.15) is 13.2 Å². The molecule has 1 aromatic heterocycles. The number of halogens is 3. The van der Waals surface area contributed by atoms with Gasteiger partial charge in [0.15, 0.2) is 11.4 Å². The third kappa shape index (κ3) is 4.88. The molecule has 1 aromatic carbocycles. The molecule has 4 saturated carbocycles. The molecule has 306 valence electrons. The van der Waals surface area contributed by atoms with Crippen molar-refractivity contribution in [2.45, 2.75) is 122 Å². The van der Waals surface area contributed by atoms with Crippen molar-refractivity contribution in [2.75, 3.05) is 13.1 Å². The van der Waals surface area contributed by atoms with E-state index in [4.69, 9.17) is 4.74 Å². The number of ether oxygens (including phenoxy) is 1. The number of aliphatic hydroxyl groups excluding tert-OH is 1. The van der Waals surface area contributed by atoms with Gasteiger partial charge in [-0.3, -0.25) is 14.4 Å². The molecule has 2 heterocycles. The first-order chi connectivity index (χ1) is 26.6. The van der Waals surface area contributed by atoms with Crippen molar-refractivity contribution < 1.29 is 42.5 Å². The number of hydrogen-bond acceptors (Lipinski definition) is 7. The number of allylic oxidation sites excluding steroid dienone is 4. The van der Waals surface area contributed by atoms with Crippen LogP contribution in [0.3, 0.4) is 0 Å². The van der Waals surface area contributed by atoms with Crippen LogP contribution in [0.5, 0.6) is 0 Å². The maximum atomic E-state index is 15.1. The van der Waals surface area contributed by atoms with E-state index in [1.165, 1.54) is 12.1 Å². The lowest BCUT2D eigenvalue weighted by Gasteiger charge is -2.71. The molecule has 11 heteroatoms. The largest absolute Gasteiger partial charge is 0.448 e. The van der Waals surface area contributed by atoms with Gasteiger partial charge in [0, 0.05) is 44.2 Å². The highest BCUT2D eigenvalue weighted by atomic mass is 32.1. The Morgan fingerprint density at radius 3 is 2.32 bits per heavy atom. The van der Waals surface area contributed by atoms with E-state index < -0.39 is 61.9 Å². The van der Waals surface area contributed by atoms with Gasteiger partial charge in [0.05, 0.1) is 29.2 Å². The number of esters is 1. The molecule has 7 nitrogen and oxygen atoms in total. The number of aliphatic hydroxyl groups is 2. The first-order valence-corrected chi connectivity index (χ1v) is 21.6. The number of fused-ring (bicyclic) bond motifs is 3. The zero-order valence-corrected chi connectivity index (χ0v) is 34.3. The summed E-state index contributed by atoms with van der Waals surface area (Å²) in [6.45, 7) is 10.5. The number of thiophene rings is 1. The van der Waals surface area contributed by atoms with Crippen molar-refractivity contribution in [1.82, 2.24) is 4.90 Å². The highest BCUT2D eigenvalue weighted by molar-refractivity contribution is 7.09. The molecule has 5 fully saturated rings. The van der Waals surface area contributed by atoms with Gasteiger partial charge in [0.1, 0.15) is 0 Å². The van der Waals surface area contributed by atoms with Crippen LogP contribution in [-0.2, 0) is 26.9 Å². The third-order valence-corrected chi connectivity index (χ3v) is 18.7. The summed E-state index contributed by atoms with van der Waals surface area (Å²) in [7, 11) is 0. The van der Waals surface area contributed by atoms with Crippen LogP contribution in [0, 0.1) is 44.3 Å². The van der Waals surface area contributed by atoms with Crippen LogP contribution in [0.15, 0.2) is 65.6 Å². The van der Waals surface area contributed by atoms with Gasteiger partial charge in [-0.05, 0) is 112 Å². The van der Waals surface area contributed by atoms with Gasteiger partial charge in [-0.1, -0.05) is 64.1 Å². The Balaban J connectivity index is 1.12. The minimum atomic E-state index is -4.62. The van der Waals surface area contributed by atoms with Gasteiger partial charge < -0.3 is 19.8 Å². The van der Waals surface area contributed by atoms with Crippen LogP contribution in [-0.4, -0.2) is 63.2 Å². The minimum Gasteiger partial charge on any atom is -0.448 e. The summed E-state index contributed by atoms with van der Waals surface area (Å²) in [4.78, 5) is 46.3. The molecule has 10 atom stereocenters. The average molecular weight is 806 g/mol. The van der Waals surface area contributed by atoms with Crippen LogP contribution in [0.2, 0.25) is 0 Å². The van der Waals surface area contributed by atoms with Gasteiger partial charge in [-0.15, -0.1) is 11.3 Å². The molecule has 1 amide bonds. The van der Waals surface area contributed by atoms with Gasteiger partial charge in [-0.25, -0.2) is 0 Å². The molecule has 2 N–H and O–H groups in total. The van der Waals surface area contributed by atoms with E-state index in [0.29, 0.717) is 69.9 Å². The van der Waals surface area contributed by atoms with Crippen LogP contribution in [0.25, 0.3) is 0 Å². The van der Waals surface area contributed by atoms with E-state index in [2.05, 4.69) is 26.0 Å². The number of rotatable bonds is 8. The average Bonchev–Trinajstić information content (AvgIpc) is 3.87. The molecule has 1 saturated heterocycles. The van der Waals surface area contributed by atoms with Crippen molar-refractivity contribution in [3.63, 3.8) is 0 Å². The Hall–Kier alpha value is -3.28. The maximum Gasteiger partial charge on any atom is 0.416 e. The van der Waals surface area contributed by atoms with Crippen molar-refractivity contribution in [3.8, 4) is 0 Å². The first kappa shape index (κ1) is 39.2. The maximum absolute atomic E-state index is 15.1. The summed E-state index contributed by atoms with van der Waals surface area (Å²) < 4.78 is 48.1. The molecule has 7 aliphatic carbocycles. The van der Waals surface area contributed by atoms with E-state index in [1.54, 1.807) is 16.2 Å². The van der Waals surface area contributed by atoms with Crippen LogP contribution in [0.4, 0.5) is 13.2 Å². The number of nitrogens with zero attached hydrogens (tertiary/aromatic N) is 1. The molecule has 0 radical (unpaired) electrons. The molecule has 2 aromatic rings. The second-order valence-electron chi connectivity index (χ2n) is 19.9. The molecule has 57 heavy (non-hydrogen) atoms. The fourth-order valence-corrected chi connectivity index (χ4v) is 14.5. The van der Waals surface area contributed by atoms with Gasteiger partial charge >= 0.3 is 12.1 Å². The van der Waals surface area contributed by atoms with E-state index in [9.17, 15) is 33.0 Å². The summed E-state index contributed by atoms with van der Waals surface area (Å²) in [6, 6.07) is 8.66. The highest BCUT2D eigenvalue weighted by Crippen LogP contribution is 2.78. The predicted molar refractivity (Wildman–Crippen MR) is 209 cm³/mol. The van der Waals surface area contributed by atoms with Crippen LogP contribution in [0.1, 0.15) is 113 Å². The zero-order chi connectivity index (χ0) is 40.8. The Morgan fingerprint density at radius 1 is 0.930 bits per heavy atom. The quantitative estimate of drug-likeness (QED) is 0.157. The monoisotopic (exact) mass is 805 g/mol. The Bertz CT molecular complexity index is 2110. The normalized spacial score (nSPS) is 42.2. The zero-order valence-electron chi connectivity index (χ0n) is 33.5. The molecule has 8 aliphatic rings. The van der Waals surface area contributed by atoms with Crippen molar-refractivity contribution >= 4 is 29.0 Å². The number of hydrogen-bond donors (Lipinski definition) is 2. The van der Waals surface area contributed by atoms with Gasteiger partial charge in [0.2, 0.25) is 0 Å². The van der Waals surface area contributed by atoms with Crippen molar-refractivity contribution in [3.05, 3.63) is 81.6 Å². The van der Waals surface area contributed by atoms with Gasteiger partial charge in [0.25, 0.3) is 5.91 Å². The smallest absolute Gasteiger partial charge is 0.416 e. The molecule has 2 spiro atoms. The fraction of sp³-hybridized carbons (Fsp3) is 0.630. The van der Waals surface area contributed by atoms with E-state index >= 15 is 4.79 Å². The number of amides is 1. The lowest BCUT2D eigenvalue weighted by molar-refractivity contribution is -0.187. The summed E-state index contributed by atoms with van der Waals surface area (Å²) >= 11 is 1.60. The number of benzene rings is 1. The number of alkyl halides is 3. The molecular weight excluding hydrogens is 752 g/mol. The molecule has 10 rings (SSSR count). The molecular formula is C46H54F3NO6S. The SMILES string of the molecule is CC1(C)[C@@]2(C)CC[C@]1(C(=O)N(CCc1cccs1)C[C@]1(O)CC[C@H]3[C@]45C=C[C@@]6(C=C4C(=O)c4cccc(C(F)(F)F)c4)CC(O)CC[C@]6(C)[C@H]5CC[C@@]31C)OC2=O. The lowest BCUT2D eigenvalue weighted by Crippen LogP contribution is -2.68. The first-order valence-electron chi connectivity index (χ1n) is 20.7. The summed E-state index contributed by atoms with van der Waals surface area (Å²) in [5, 5.41) is 26.3. The predicted octanol–water partition coefficient (Wildman–Crippen LogP) is 8.73. The second-order valence-corrected chi connectivity index (χ2v) is 21.0. The number of ketones is 1. The van der Waals surface area contributed by atoms with Crippen LogP contribution >= 0.6 is 11.3 Å². The van der Waals surface area contributed by atoms with E-state index in [0.717, 1.165) is 23.4 Å². The third-order valence-electron chi connectivity index (χ3n) is 17.8. The number of carbonyl (C=O) groups excluding carboxylic acids is 3. The summed E-state index contributed by atoms with van der Waals surface area (Å²) in [5.41, 5.74) is -7.41. The Labute approximate surface area is 336 Å².